The summed E-state index contributed by atoms with van der Waals surface area (Å²) in [5, 5.41) is 10.9. The number of esters is 1. The highest BCUT2D eigenvalue weighted by molar-refractivity contribution is 5.98. The minimum Gasteiger partial charge on any atom is -0.508 e. The summed E-state index contributed by atoms with van der Waals surface area (Å²) in [7, 11) is 1.30. The van der Waals surface area contributed by atoms with E-state index in [4.69, 9.17) is 5.11 Å². The number of imidazole rings is 1. The van der Waals surface area contributed by atoms with Crippen molar-refractivity contribution in [1.82, 2.24) is 9.55 Å². The van der Waals surface area contributed by atoms with Crippen LogP contribution in [0.5, 0.6) is 5.75 Å². The van der Waals surface area contributed by atoms with Gasteiger partial charge in [-0.1, -0.05) is 115 Å². The van der Waals surface area contributed by atoms with E-state index < -0.39 is 5.97 Å². The fraction of sp³-hybridized carbons (Fsp3) is 0.0667. The molecule has 0 radical (unpaired) electrons. The van der Waals surface area contributed by atoms with Crippen LogP contribution in [-0.4, -0.2) is 65.5 Å². The number of phenolic OH excluding ortho intramolecular Hbond substituents is 1. The van der Waals surface area contributed by atoms with Crippen LogP contribution in [0.1, 0.15) is 89.2 Å². The van der Waals surface area contributed by atoms with Crippen molar-refractivity contribution in [1.29, 1.82) is 0 Å². The summed E-state index contributed by atoms with van der Waals surface area (Å²) in [5.41, 5.74) is 11.2. The lowest BCUT2D eigenvalue weighted by molar-refractivity contribution is 0.0600. The molecular formula is C60H52N2O9. The Morgan fingerprint density at radius 2 is 1.01 bits per heavy atom. The van der Waals surface area contributed by atoms with E-state index in [-0.39, 0.29) is 5.75 Å². The summed E-state index contributed by atoms with van der Waals surface area (Å²) >= 11 is 0. The van der Waals surface area contributed by atoms with Crippen molar-refractivity contribution in [2.45, 2.75) is 20.8 Å². The van der Waals surface area contributed by atoms with Crippen molar-refractivity contribution in [3.63, 3.8) is 0 Å². The first-order valence-electron chi connectivity index (χ1n) is 21.9. The largest absolute Gasteiger partial charge is 0.508 e. The highest BCUT2D eigenvalue weighted by Crippen LogP contribution is 2.19. The van der Waals surface area contributed by atoms with Gasteiger partial charge in [-0.05, 0) is 126 Å². The number of aldehydes is 6. The van der Waals surface area contributed by atoms with E-state index in [1.807, 2.05) is 134 Å². The maximum absolute atomic E-state index is 10.9. The number of aryl methyl sites for hydroxylation is 3. The number of carbonyl (C=O) groups is 7. The zero-order valence-electron chi connectivity index (χ0n) is 39.6. The van der Waals surface area contributed by atoms with E-state index >= 15 is 0 Å². The summed E-state index contributed by atoms with van der Waals surface area (Å²) in [6.45, 7) is 6.02. The topological polar surface area (TPSA) is 167 Å². The molecule has 0 saturated carbocycles. The minimum atomic E-state index is -0.432. The Morgan fingerprint density at radius 1 is 0.493 bits per heavy atom. The quantitative estimate of drug-likeness (QED) is 0.109. The molecule has 9 rings (SSSR count). The fourth-order valence-electron chi connectivity index (χ4n) is 6.39. The number of carbonyl (C=O) groups excluding carboxylic acids is 7. The second-order valence-corrected chi connectivity index (χ2v) is 15.3. The Kier molecular flexibility index (Phi) is 22.3. The van der Waals surface area contributed by atoms with Crippen molar-refractivity contribution in [3.8, 4) is 22.6 Å². The monoisotopic (exact) mass is 944 g/mol. The van der Waals surface area contributed by atoms with Crippen LogP contribution >= 0.6 is 0 Å². The molecule has 0 amide bonds. The minimum absolute atomic E-state index is 0.181. The second kappa shape index (κ2) is 29.3. The number of rotatable bonds is 9. The molecule has 1 aromatic heterocycles. The number of aromatic nitrogens is 2. The predicted octanol–water partition coefficient (Wildman–Crippen LogP) is 12.4. The lowest BCUT2D eigenvalue weighted by Gasteiger charge is -2.03. The van der Waals surface area contributed by atoms with Crippen LogP contribution < -0.4 is 0 Å². The number of hydrogen-bond acceptors (Lipinski definition) is 10. The fourth-order valence-corrected chi connectivity index (χ4v) is 6.39. The van der Waals surface area contributed by atoms with Crippen molar-refractivity contribution < 1.29 is 43.4 Å². The lowest BCUT2D eigenvalue weighted by atomic mass is 10.0. The first-order valence-corrected chi connectivity index (χ1v) is 21.9. The molecular weight excluding hydrogens is 893 g/mol. The molecule has 356 valence electrons. The second-order valence-electron chi connectivity index (χ2n) is 15.3. The Labute approximate surface area is 412 Å². The summed E-state index contributed by atoms with van der Waals surface area (Å²) < 4.78 is 6.36. The summed E-state index contributed by atoms with van der Waals surface area (Å²) in [4.78, 5) is 77.2. The Morgan fingerprint density at radius 3 is 1.58 bits per heavy atom. The van der Waals surface area contributed by atoms with Crippen LogP contribution in [0.3, 0.4) is 0 Å². The highest BCUT2D eigenvalue weighted by atomic mass is 16.5. The molecule has 1 heterocycles. The zero-order valence-corrected chi connectivity index (χ0v) is 39.6. The number of methoxy groups -OCH3 is 1. The van der Waals surface area contributed by atoms with E-state index in [1.165, 1.54) is 42.0 Å². The van der Waals surface area contributed by atoms with Gasteiger partial charge in [0.15, 0.2) is 6.29 Å². The molecule has 9 aromatic rings. The number of ether oxygens (including phenoxy) is 1. The summed E-state index contributed by atoms with van der Waals surface area (Å²) in [6, 6.07) is 55.0. The first-order chi connectivity index (χ1) is 34.5. The molecule has 0 aliphatic rings. The van der Waals surface area contributed by atoms with E-state index in [1.54, 1.807) is 55.0 Å². The van der Waals surface area contributed by atoms with Crippen molar-refractivity contribution in [2.24, 2.45) is 0 Å². The maximum Gasteiger partial charge on any atom is 0.337 e. The summed E-state index contributed by atoms with van der Waals surface area (Å²) in [5.74, 6) is -0.251. The third-order valence-corrected chi connectivity index (χ3v) is 10.4. The van der Waals surface area contributed by atoms with Crippen LogP contribution in [0.25, 0.3) is 27.6 Å². The SMILES string of the molecule is COC(=O)c1cccc(C=O)c1.Cc1cc(C)c(C=O)cc1C.O=Cc1ccc(-c2ccccc2)cc1.O=Cc1ccc(-n2ccnc2)cc1.O=Cc1ccc(O)cc1.O=Cc1cccc2ccccc12. The van der Waals surface area contributed by atoms with E-state index in [2.05, 4.69) is 28.8 Å². The molecule has 0 fully saturated rings. The van der Waals surface area contributed by atoms with Gasteiger partial charge in [0.25, 0.3) is 0 Å². The van der Waals surface area contributed by atoms with Gasteiger partial charge in [-0.25, -0.2) is 9.78 Å². The molecule has 1 N–H and O–H groups in total. The molecule has 0 bridgehead atoms. The Bertz CT molecular complexity index is 3110. The van der Waals surface area contributed by atoms with Gasteiger partial charge >= 0.3 is 5.97 Å². The van der Waals surface area contributed by atoms with Gasteiger partial charge in [0, 0.05) is 51.5 Å². The Hall–Kier alpha value is -9.48. The van der Waals surface area contributed by atoms with Crippen molar-refractivity contribution in [2.75, 3.05) is 7.11 Å². The number of benzene rings is 8. The molecule has 0 aliphatic heterocycles. The third-order valence-electron chi connectivity index (χ3n) is 10.4. The van der Waals surface area contributed by atoms with Gasteiger partial charge in [0.05, 0.1) is 19.0 Å². The van der Waals surface area contributed by atoms with E-state index in [0.29, 0.717) is 34.1 Å². The van der Waals surface area contributed by atoms with Crippen LogP contribution in [0, 0.1) is 20.8 Å². The first kappa shape index (κ1) is 54.1. The number of hydrogen-bond donors (Lipinski definition) is 1. The number of fused-ring (bicyclic) bond motifs is 1. The molecule has 0 atom stereocenters. The normalized spacial score (nSPS) is 9.58. The highest BCUT2D eigenvalue weighted by Gasteiger charge is 2.04. The zero-order chi connectivity index (χ0) is 51.4. The molecule has 8 aromatic carbocycles. The van der Waals surface area contributed by atoms with Gasteiger partial charge in [-0.3, -0.25) is 28.8 Å². The average Bonchev–Trinajstić information content (AvgIpc) is 3.98. The third kappa shape index (κ3) is 17.6. The van der Waals surface area contributed by atoms with Gasteiger partial charge < -0.3 is 14.4 Å². The number of aromatic hydroxyl groups is 1. The molecule has 0 saturated heterocycles. The van der Waals surface area contributed by atoms with Crippen LogP contribution in [0.2, 0.25) is 0 Å². The molecule has 11 nitrogen and oxygen atoms in total. The maximum atomic E-state index is 10.9. The van der Waals surface area contributed by atoms with Crippen LogP contribution in [-0.2, 0) is 4.74 Å². The van der Waals surface area contributed by atoms with Crippen molar-refractivity contribution in [3.05, 3.63) is 256 Å². The Balaban J connectivity index is 0.000000186. The molecule has 0 spiro atoms. The molecule has 71 heavy (non-hydrogen) atoms. The van der Waals surface area contributed by atoms with Gasteiger partial charge in [0.2, 0.25) is 0 Å². The van der Waals surface area contributed by atoms with E-state index in [0.717, 1.165) is 70.1 Å². The van der Waals surface area contributed by atoms with Gasteiger partial charge in [0.1, 0.15) is 37.2 Å². The van der Waals surface area contributed by atoms with Crippen molar-refractivity contribution >= 4 is 54.5 Å². The van der Waals surface area contributed by atoms with E-state index in [9.17, 15) is 33.6 Å². The molecule has 0 aliphatic carbocycles. The number of nitrogens with zero attached hydrogens (tertiary/aromatic N) is 2. The summed E-state index contributed by atoms with van der Waals surface area (Å²) in [6.07, 6.45) is 10.2. The lowest BCUT2D eigenvalue weighted by Crippen LogP contribution is -2.01. The van der Waals surface area contributed by atoms with Gasteiger partial charge in [-0.2, -0.15) is 0 Å². The van der Waals surface area contributed by atoms with Gasteiger partial charge in [-0.15, -0.1) is 0 Å². The van der Waals surface area contributed by atoms with Crippen LogP contribution in [0.15, 0.2) is 201 Å². The molecule has 11 heteroatoms. The molecule has 0 unspecified atom stereocenters. The predicted molar refractivity (Wildman–Crippen MR) is 278 cm³/mol. The standard InChI is InChI=1S/C13H10O.C11H8O.C10H8N2O.C10H12O.C9H8O3.C7H6O2/c14-10-11-6-8-13(9-7-11)12-4-2-1-3-5-12;12-8-10-6-3-5-9-4-1-2-7-11(9)10;13-7-9-1-3-10(4-2-9)12-6-5-11-8-12;1-7-4-9(3)10(6-11)5-8(7)2;1-12-9(11)8-4-2-3-7(5-8)6-10;8-5-6-1-3-7(9)4-2-6/h1-10H;1-8H;1-8H;4-6H,1-3H3;2-6H,1H3;1-5,9H. The smallest absolute Gasteiger partial charge is 0.337 e. The number of phenols is 1. The van der Waals surface area contributed by atoms with Crippen LogP contribution in [0.4, 0.5) is 0 Å². The average molecular weight is 945 g/mol.